The van der Waals surface area contributed by atoms with Crippen molar-refractivity contribution < 1.29 is 19.4 Å². The zero-order valence-corrected chi connectivity index (χ0v) is 13.0. The second kappa shape index (κ2) is 5.77. The molecule has 3 aliphatic rings. The smallest absolute Gasteiger partial charge is 0.414 e. The van der Waals surface area contributed by atoms with Gasteiger partial charge in [-0.2, -0.15) is 4.99 Å². The monoisotopic (exact) mass is 327 g/mol. The number of benzene rings is 1. The quantitative estimate of drug-likeness (QED) is 0.678. The minimum Gasteiger partial charge on any atom is -0.473 e. The molecule has 4 rings (SSSR count). The van der Waals surface area contributed by atoms with Gasteiger partial charge in [0.1, 0.15) is 6.10 Å². The van der Waals surface area contributed by atoms with Gasteiger partial charge in [-0.1, -0.05) is 12.1 Å². The number of ether oxygens (including phenoxy) is 2. The third-order valence-electron chi connectivity index (χ3n) is 4.26. The van der Waals surface area contributed by atoms with E-state index in [0.717, 1.165) is 11.5 Å². The van der Waals surface area contributed by atoms with E-state index in [1.165, 1.54) is 4.90 Å². The van der Waals surface area contributed by atoms with Gasteiger partial charge in [0.05, 0.1) is 24.5 Å². The number of carbonyl (C=O) groups is 1. The van der Waals surface area contributed by atoms with Gasteiger partial charge in [0.25, 0.3) is 0 Å². The minimum atomic E-state index is -0.767. The molecule has 3 aliphatic heterocycles. The molecule has 123 valence electrons. The van der Waals surface area contributed by atoms with Gasteiger partial charge in [0, 0.05) is 6.07 Å². The summed E-state index contributed by atoms with van der Waals surface area (Å²) in [5.74, 6) is 1.42. The van der Waals surface area contributed by atoms with Crippen LogP contribution in [0.15, 0.2) is 48.2 Å². The first-order valence-corrected chi connectivity index (χ1v) is 7.74. The SMILES string of the molecule is C=CCC(O)[C@H]1CN(c2cccc3c2OCC2=NC=C[N+]23)C(=O)O1. The fourth-order valence-corrected chi connectivity index (χ4v) is 3.06. The van der Waals surface area contributed by atoms with Crippen molar-refractivity contribution in [3.63, 3.8) is 0 Å². The normalized spacial score (nSPS) is 23.2. The van der Waals surface area contributed by atoms with Crippen LogP contribution in [0.1, 0.15) is 6.42 Å². The number of cyclic esters (lactones) is 1. The molecule has 0 aliphatic carbocycles. The summed E-state index contributed by atoms with van der Waals surface area (Å²) < 4.78 is 11.1. The Kier molecular flexibility index (Phi) is 3.59. The summed E-state index contributed by atoms with van der Waals surface area (Å²) in [5, 5.41) is 10.1. The fourth-order valence-electron chi connectivity index (χ4n) is 3.06. The van der Waals surface area contributed by atoms with Gasteiger partial charge in [0.15, 0.2) is 12.8 Å². The lowest BCUT2D eigenvalue weighted by atomic mass is 10.1. The minimum absolute atomic E-state index is 0.268. The number of hydrogen-bond acceptors (Lipinski definition) is 6. The first kappa shape index (κ1) is 14.9. The number of aliphatic imine (C=N–C) groups is 1. The van der Waals surface area contributed by atoms with E-state index < -0.39 is 18.3 Å². The third kappa shape index (κ3) is 2.29. The maximum atomic E-state index is 12.3. The van der Waals surface area contributed by atoms with E-state index in [2.05, 4.69) is 11.6 Å². The van der Waals surface area contributed by atoms with E-state index in [0.29, 0.717) is 24.5 Å². The van der Waals surface area contributed by atoms with Crippen molar-refractivity contribution >= 4 is 23.3 Å². The van der Waals surface area contributed by atoms with Gasteiger partial charge in [-0.3, -0.25) is 4.90 Å². The van der Waals surface area contributed by atoms with Crippen LogP contribution in [-0.2, 0) is 4.74 Å². The van der Waals surface area contributed by atoms with Gasteiger partial charge in [-0.25, -0.2) is 4.79 Å². The Balaban J connectivity index is 1.65. The molecule has 1 saturated heterocycles. The summed E-state index contributed by atoms with van der Waals surface area (Å²) in [6.45, 7) is 4.20. The van der Waals surface area contributed by atoms with Crippen LogP contribution in [0.4, 0.5) is 16.2 Å². The van der Waals surface area contributed by atoms with Crippen molar-refractivity contribution in [2.45, 2.75) is 18.6 Å². The summed E-state index contributed by atoms with van der Waals surface area (Å²) in [6, 6.07) is 5.58. The third-order valence-corrected chi connectivity index (χ3v) is 4.26. The van der Waals surface area contributed by atoms with Crippen LogP contribution in [0, 0.1) is 0 Å². The zero-order chi connectivity index (χ0) is 16.7. The number of aliphatic hydroxyl groups is 1. The molecule has 1 unspecified atom stereocenters. The number of rotatable bonds is 4. The highest BCUT2D eigenvalue weighted by atomic mass is 16.6. The Morgan fingerprint density at radius 1 is 1.54 bits per heavy atom. The van der Waals surface area contributed by atoms with E-state index in [9.17, 15) is 9.90 Å². The Labute approximate surface area is 139 Å². The Hall–Kier alpha value is -2.64. The van der Waals surface area contributed by atoms with Gasteiger partial charge in [-0.05, 0) is 17.4 Å². The molecule has 2 atom stereocenters. The standard InChI is InChI=1S/C17H17N3O4/c1-2-4-13(21)14-9-20(17(22)24-14)12-6-3-5-11-16(12)23-10-15-18-7-8-19(11)15/h2-3,5-8,13-14,21H,1,4,9-10H2/q+1/t13?,14-/m1/s1. The summed E-state index contributed by atoms with van der Waals surface area (Å²) >= 11 is 0. The molecule has 1 radical (unpaired) electrons. The zero-order valence-electron chi connectivity index (χ0n) is 13.0. The molecule has 1 amide bonds. The van der Waals surface area contributed by atoms with E-state index >= 15 is 0 Å². The molecule has 0 aromatic heterocycles. The Morgan fingerprint density at radius 2 is 2.42 bits per heavy atom. The molecule has 3 heterocycles. The lowest BCUT2D eigenvalue weighted by Crippen LogP contribution is -2.35. The van der Waals surface area contributed by atoms with Crippen LogP contribution in [0.25, 0.3) is 0 Å². The number of amidine groups is 1. The molecule has 1 fully saturated rings. The predicted molar refractivity (Wildman–Crippen MR) is 88.7 cm³/mol. The second-order valence-corrected chi connectivity index (χ2v) is 5.75. The molecular formula is C17H17N3O4+. The highest BCUT2D eigenvalue weighted by Gasteiger charge is 2.42. The summed E-state index contributed by atoms with van der Waals surface area (Å²) in [5.41, 5.74) is 1.46. The first-order chi connectivity index (χ1) is 11.7. The predicted octanol–water partition coefficient (Wildman–Crippen LogP) is 2.00. The Bertz CT molecular complexity index is 758. The molecule has 1 aromatic rings. The fraction of sp³-hybridized carbons (Fsp3) is 0.294. The molecule has 0 bridgehead atoms. The maximum Gasteiger partial charge on any atom is 0.414 e. The molecule has 1 aromatic carbocycles. The number of anilines is 2. The number of para-hydroxylation sites is 1. The molecule has 7 heteroatoms. The van der Waals surface area contributed by atoms with Crippen molar-refractivity contribution in [1.82, 2.24) is 4.90 Å². The average molecular weight is 327 g/mol. The largest absolute Gasteiger partial charge is 0.473 e. The van der Waals surface area contributed by atoms with Crippen molar-refractivity contribution in [2.75, 3.05) is 18.1 Å². The number of aliphatic hydroxyl groups excluding tert-OH is 1. The van der Waals surface area contributed by atoms with Crippen LogP contribution in [0.5, 0.6) is 5.75 Å². The van der Waals surface area contributed by atoms with Crippen LogP contribution in [-0.4, -0.2) is 42.4 Å². The molecule has 1 N–H and O–H groups in total. The van der Waals surface area contributed by atoms with Crippen LogP contribution >= 0.6 is 0 Å². The van der Waals surface area contributed by atoms with E-state index in [-0.39, 0.29) is 6.54 Å². The summed E-state index contributed by atoms with van der Waals surface area (Å²) in [6.07, 6.45) is 3.71. The highest BCUT2D eigenvalue weighted by Crippen LogP contribution is 2.42. The number of amides is 1. The van der Waals surface area contributed by atoms with Crippen LogP contribution in [0.2, 0.25) is 0 Å². The molecule has 7 nitrogen and oxygen atoms in total. The number of hydrogen-bond donors (Lipinski definition) is 1. The van der Waals surface area contributed by atoms with Crippen molar-refractivity contribution in [3.05, 3.63) is 43.3 Å². The second-order valence-electron chi connectivity index (χ2n) is 5.75. The van der Waals surface area contributed by atoms with Gasteiger partial charge < -0.3 is 14.6 Å². The lowest BCUT2D eigenvalue weighted by Gasteiger charge is -2.22. The molecule has 0 spiro atoms. The van der Waals surface area contributed by atoms with E-state index in [1.54, 1.807) is 12.3 Å². The van der Waals surface area contributed by atoms with Gasteiger partial charge in [-0.15, -0.1) is 6.58 Å². The maximum absolute atomic E-state index is 12.3. The van der Waals surface area contributed by atoms with Crippen LogP contribution in [0.3, 0.4) is 0 Å². The van der Waals surface area contributed by atoms with E-state index in [1.807, 2.05) is 29.3 Å². The lowest BCUT2D eigenvalue weighted by molar-refractivity contribution is 0.0347. The van der Waals surface area contributed by atoms with Crippen molar-refractivity contribution in [1.29, 1.82) is 0 Å². The first-order valence-electron chi connectivity index (χ1n) is 7.74. The van der Waals surface area contributed by atoms with E-state index in [4.69, 9.17) is 9.47 Å². The van der Waals surface area contributed by atoms with Crippen molar-refractivity contribution in [2.24, 2.45) is 4.99 Å². The van der Waals surface area contributed by atoms with Crippen molar-refractivity contribution in [3.8, 4) is 5.75 Å². The van der Waals surface area contributed by atoms with Gasteiger partial charge in [0.2, 0.25) is 11.4 Å². The number of nitrogens with zero attached hydrogens (tertiary/aromatic N) is 3. The molecular weight excluding hydrogens is 310 g/mol. The molecule has 24 heavy (non-hydrogen) atoms. The van der Waals surface area contributed by atoms with Gasteiger partial charge >= 0.3 is 11.9 Å². The number of carbonyl (C=O) groups excluding carboxylic acids is 1. The number of fused-ring (bicyclic) bond motifs is 3. The van der Waals surface area contributed by atoms with Crippen LogP contribution < -0.4 is 14.5 Å². The summed E-state index contributed by atoms with van der Waals surface area (Å²) in [4.78, 5) is 19.9. The topological polar surface area (TPSA) is 77.3 Å². The average Bonchev–Trinajstić information content (AvgIpc) is 3.21. The highest BCUT2D eigenvalue weighted by molar-refractivity contribution is 6.00. The molecule has 0 saturated carbocycles. The summed E-state index contributed by atoms with van der Waals surface area (Å²) in [7, 11) is 0. The Morgan fingerprint density at radius 3 is 3.25 bits per heavy atom.